The van der Waals surface area contributed by atoms with Crippen molar-refractivity contribution in [2.24, 2.45) is 11.7 Å². The molecule has 2 saturated heterocycles. The number of nitrogens with two attached hydrogens (primary N) is 1. The lowest BCUT2D eigenvalue weighted by molar-refractivity contribution is -0.141. The van der Waals surface area contributed by atoms with E-state index < -0.39 is 5.41 Å². The van der Waals surface area contributed by atoms with Crippen LogP contribution in [0.15, 0.2) is 24.3 Å². The molecule has 3 aliphatic rings. The number of carbonyl (C=O) groups is 3. The van der Waals surface area contributed by atoms with Gasteiger partial charge in [-0.1, -0.05) is 18.2 Å². The van der Waals surface area contributed by atoms with E-state index in [0.717, 1.165) is 30.6 Å². The third-order valence-electron chi connectivity index (χ3n) is 6.66. The Hall–Kier alpha value is -2.41. The number of rotatable bonds is 3. The third-order valence-corrected chi connectivity index (χ3v) is 6.66. The first-order chi connectivity index (χ1) is 13.4. The molecular formula is C21H28N4O3. The minimum absolute atomic E-state index is 0.0867. The lowest BCUT2D eigenvalue weighted by Crippen LogP contribution is -2.52. The third kappa shape index (κ3) is 3.07. The van der Waals surface area contributed by atoms with Gasteiger partial charge < -0.3 is 15.5 Å². The number of para-hydroxylation sites is 1. The van der Waals surface area contributed by atoms with E-state index in [1.54, 1.807) is 4.90 Å². The molecule has 2 N–H and O–H groups in total. The molecule has 7 nitrogen and oxygen atoms in total. The minimum atomic E-state index is -0.493. The molecule has 0 aromatic heterocycles. The second-order valence-electron chi connectivity index (χ2n) is 8.33. The summed E-state index contributed by atoms with van der Waals surface area (Å²) in [6, 6.07) is 7.99. The van der Waals surface area contributed by atoms with Crippen LogP contribution in [-0.4, -0.2) is 67.3 Å². The average Bonchev–Trinajstić information content (AvgIpc) is 2.90. The van der Waals surface area contributed by atoms with E-state index >= 15 is 0 Å². The van der Waals surface area contributed by atoms with Gasteiger partial charge in [0.25, 0.3) is 0 Å². The summed E-state index contributed by atoms with van der Waals surface area (Å²) >= 11 is 0. The van der Waals surface area contributed by atoms with E-state index in [1.165, 1.54) is 0 Å². The molecule has 7 heteroatoms. The van der Waals surface area contributed by atoms with Gasteiger partial charge in [-0.25, -0.2) is 0 Å². The fourth-order valence-electron chi connectivity index (χ4n) is 5.19. The van der Waals surface area contributed by atoms with Crippen LogP contribution in [0.25, 0.3) is 0 Å². The first-order valence-corrected chi connectivity index (χ1v) is 10.1. The number of piperidine rings is 2. The van der Waals surface area contributed by atoms with Crippen molar-refractivity contribution in [2.45, 2.75) is 31.1 Å². The summed E-state index contributed by atoms with van der Waals surface area (Å²) in [5.41, 5.74) is 6.90. The van der Waals surface area contributed by atoms with Crippen LogP contribution in [0, 0.1) is 5.92 Å². The Morgan fingerprint density at radius 1 is 1.18 bits per heavy atom. The predicted molar refractivity (Wildman–Crippen MR) is 106 cm³/mol. The van der Waals surface area contributed by atoms with Gasteiger partial charge in [0.1, 0.15) is 0 Å². The highest BCUT2D eigenvalue weighted by Gasteiger charge is 2.51. The zero-order valence-corrected chi connectivity index (χ0v) is 16.4. The van der Waals surface area contributed by atoms with Crippen LogP contribution in [0.3, 0.4) is 0 Å². The van der Waals surface area contributed by atoms with Gasteiger partial charge in [0.15, 0.2) is 0 Å². The van der Waals surface area contributed by atoms with Crippen LogP contribution >= 0.6 is 0 Å². The van der Waals surface area contributed by atoms with Crippen LogP contribution < -0.4 is 10.6 Å². The molecule has 1 atom stereocenters. The van der Waals surface area contributed by atoms with E-state index in [2.05, 4.69) is 6.07 Å². The van der Waals surface area contributed by atoms with Crippen molar-refractivity contribution in [2.75, 3.05) is 44.7 Å². The van der Waals surface area contributed by atoms with Crippen LogP contribution in [0.1, 0.15) is 31.2 Å². The number of likely N-dealkylation sites (N-methyl/N-ethyl adjacent to an activating group) is 1. The second-order valence-corrected chi connectivity index (χ2v) is 8.33. The zero-order chi connectivity index (χ0) is 19.9. The van der Waals surface area contributed by atoms with Gasteiger partial charge in [-0.3, -0.25) is 19.3 Å². The highest BCUT2D eigenvalue weighted by molar-refractivity contribution is 6.08. The Balaban J connectivity index is 1.44. The van der Waals surface area contributed by atoms with Crippen molar-refractivity contribution in [3.8, 4) is 0 Å². The van der Waals surface area contributed by atoms with Gasteiger partial charge >= 0.3 is 0 Å². The van der Waals surface area contributed by atoms with Crippen molar-refractivity contribution in [1.82, 2.24) is 9.80 Å². The lowest BCUT2D eigenvalue weighted by Gasteiger charge is -2.41. The van der Waals surface area contributed by atoms with Crippen LogP contribution in [0.4, 0.5) is 5.69 Å². The monoisotopic (exact) mass is 384 g/mol. The molecule has 0 radical (unpaired) electrons. The van der Waals surface area contributed by atoms with Crippen LogP contribution in [0.5, 0.6) is 0 Å². The number of amides is 3. The molecule has 3 aliphatic heterocycles. The number of carbonyl (C=O) groups excluding carboxylic acids is 3. The first kappa shape index (κ1) is 18.9. The predicted octanol–water partition coefficient (Wildman–Crippen LogP) is 0.721. The SMILES string of the molecule is CN1C(=O)C2(CCN(C(=O)C3CCCN(CC(N)=O)C3)CC2)c2ccccc21. The Labute approximate surface area is 165 Å². The molecule has 0 bridgehead atoms. The maximum Gasteiger partial charge on any atom is 0.237 e. The topological polar surface area (TPSA) is 87.0 Å². The highest BCUT2D eigenvalue weighted by Crippen LogP contribution is 2.47. The van der Waals surface area contributed by atoms with Crippen LogP contribution in [-0.2, 0) is 19.8 Å². The molecule has 1 spiro atoms. The number of hydrogen-bond acceptors (Lipinski definition) is 4. The molecule has 0 aliphatic carbocycles. The second kappa shape index (κ2) is 7.20. The van der Waals surface area contributed by atoms with Gasteiger partial charge in [0, 0.05) is 32.4 Å². The summed E-state index contributed by atoms with van der Waals surface area (Å²) in [6.45, 7) is 2.81. The summed E-state index contributed by atoms with van der Waals surface area (Å²) in [7, 11) is 1.84. The standard InChI is InChI=1S/C21H28N4O3/c1-23-17-7-3-2-6-16(17)21(20(23)28)8-11-25(12-9-21)19(27)15-5-4-10-24(13-15)14-18(22)26/h2-3,6-7,15H,4-5,8-14H2,1H3,(H2,22,26). The largest absolute Gasteiger partial charge is 0.369 e. The number of likely N-dealkylation sites (tertiary alicyclic amines) is 2. The Bertz CT molecular complexity index is 801. The van der Waals surface area contributed by atoms with Crippen molar-refractivity contribution in [3.05, 3.63) is 29.8 Å². The van der Waals surface area contributed by atoms with E-state index in [1.807, 2.05) is 35.0 Å². The van der Waals surface area contributed by atoms with Crippen molar-refractivity contribution < 1.29 is 14.4 Å². The summed E-state index contributed by atoms with van der Waals surface area (Å²) in [5, 5.41) is 0. The first-order valence-electron chi connectivity index (χ1n) is 10.1. The van der Waals surface area contributed by atoms with Gasteiger partial charge in [-0.15, -0.1) is 0 Å². The Morgan fingerprint density at radius 2 is 1.89 bits per heavy atom. The van der Waals surface area contributed by atoms with Gasteiger partial charge in [0.2, 0.25) is 17.7 Å². The average molecular weight is 384 g/mol. The molecule has 1 unspecified atom stereocenters. The fraction of sp³-hybridized carbons (Fsp3) is 0.571. The van der Waals surface area contributed by atoms with Crippen LogP contribution in [0.2, 0.25) is 0 Å². The summed E-state index contributed by atoms with van der Waals surface area (Å²) < 4.78 is 0. The lowest BCUT2D eigenvalue weighted by atomic mass is 9.73. The molecule has 0 saturated carbocycles. The number of nitrogens with zero attached hydrogens (tertiary/aromatic N) is 3. The van der Waals surface area contributed by atoms with Gasteiger partial charge in [0.05, 0.1) is 17.9 Å². The maximum atomic E-state index is 13.1. The van der Waals surface area contributed by atoms with E-state index in [4.69, 9.17) is 5.73 Å². The minimum Gasteiger partial charge on any atom is -0.369 e. The summed E-state index contributed by atoms with van der Waals surface area (Å²) in [4.78, 5) is 43.0. The van der Waals surface area contributed by atoms with E-state index in [-0.39, 0.29) is 30.2 Å². The number of anilines is 1. The van der Waals surface area contributed by atoms with E-state index in [0.29, 0.717) is 32.5 Å². The van der Waals surface area contributed by atoms with Gasteiger partial charge in [-0.2, -0.15) is 0 Å². The van der Waals surface area contributed by atoms with E-state index in [9.17, 15) is 14.4 Å². The maximum absolute atomic E-state index is 13.1. The quantitative estimate of drug-likeness (QED) is 0.832. The Morgan fingerprint density at radius 3 is 2.61 bits per heavy atom. The smallest absolute Gasteiger partial charge is 0.237 e. The molecule has 150 valence electrons. The number of hydrogen-bond donors (Lipinski definition) is 1. The summed E-state index contributed by atoms with van der Waals surface area (Å²) in [5.74, 6) is -0.144. The van der Waals surface area contributed by atoms with Gasteiger partial charge in [-0.05, 0) is 43.9 Å². The normalized spacial score (nSPS) is 24.5. The number of fused-ring (bicyclic) bond motifs is 2. The summed E-state index contributed by atoms with van der Waals surface area (Å²) in [6.07, 6.45) is 3.08. The molecule has 2 fully saturated rings. The zero-order valence-electron chi connectivity index (χ0n) is 16.4. The number of benzene rings is 1. The van der Waals surface area contributed by atoms with Crippen molar-refractivity contribution in [1.29, 1.82) is 0 Å². The molecule has 28 heavy (non-hydrogen) atoms. The molecule has 4 rings (SSSR count). The molecule has 3 amide bonds. The number of primary amides is 1. The molecular weight excluding hydrogens is 356 g/mol. The van der Waals surface area contributed by atoms with Crippen molar-refractivity contribution >= 4 is 23.4 Å². The Kier molecular flexibility index (Phi) is 4.87. The highest BCUT2D eigenvalue weighted by atomic mass is 16.2. The molecule has 1 aromatic rings. The fourth-order valence-corrected chi connectivity index (χ4v) is 5.19. The van der Waals surface area contributed by atoms with Crippen molar-refractivity contribution in [3.63, 3.8) is 0 Å². The molecule has 3 heterocycles. The molecule has 1 aromatic carbocycles.